The highest BCUT2D eigenvalue weighted by Gasteiger charge is 2.26. The monoisotopic (exact) mass is 483 g/mol. The number of amides is 1. The van der Waals surface area contributed by atoms with E-state index >= 15 is 0 Å². The van der Waals surface area contributed by atoms with Crippen molar-refractivity contribution < 1.29 is 24.5 Å². The summed E-state index contributed by atoms with van der Waals surface area (Å²) in [5, 5.41) is 22.7. The lowest BCUT2D eigenvalue weighted by Gasteiger charge is -2.23. The van der Waals surface area contributed by atoms with Crippen LogP contribution in [-0.2, 0) is 14.3 Å². The van der Waals surface area contributed by atoms with Gasteiger partial charge in [-0.25, -0.2) is 0 Å². The largest absolute Gasteiger partial charge is 0.452 e. The van der Waals surface area contributed by atoms with Crippen molar-refractivity contribution in [2.75, 3.05) is 6.61 Å². The first-order valence-electron chi connectivity index (χ1n) is 13.9. The topological polar surface area (TPSA) is 95.9 Å². The maximum absolute atomic E-state index is 12.6. The molecule has 200 valence electrons. The number of nitrogens with one attached hydrogen (secondary N) is 1. The lowest BCUT2D eigenvalue weighted by atomic mass is 10.0. The SMILES string of the molecule is CCCCCCCCCCCCCC=C[C@@H](O)[C@H](CO)NC(=O)C(CCCCCC)OC(C)=O. The van der Waals surface area contributed by atoms with Gasteiger partial charge in [0, 0.05) is 6.92 Å². The van der Waals surface area contributed by atoms with Gasteiger partial charge in [0.2, 0.25) is 0 Å². The summed E-state index contributed by atoms with van der Waals surface area (Å²) in [5.74, 6) is -0.979. The fourth-order valence-electron chi connectivity index (χ4n) is 4.01. The highest BCUT2D eigenvalue weighted by molar-refractivity contribution is 5.83. The van der Waals surface area contributed by atoms with Crippen molar-refractivity contribution in [3.05, 3.63) is 12.2 Å². The quantitative estimate of drug-likeness (QED) is 0.0943. The highest BCUT2D eigenvalue weighted by Crippen LogP contribution is 2.13. The molecule has 6 heteroatoms. The lowest BCUT2D eigenvalue weighted by Crippen LogP contribution is -2.49. The Morgan fingerprint density at radius 1 is 0.824 bits per heavy atom. The Morgan fingerprint density at radius 3 is 1.82 bits per heavy atom. The summed E-state index contributed by atoms with van der Waals surface area (Å²) >= 11 is 0. The summed E-state index contributed by atoms with van der Waals surface area (Å²) in [5.41, 5.74) is 0. The van der Waals surface area contributed by atoms with Gasteiger partial charge in [0.05, 0.1) is 18.8 Å². The van der Waals surface area contributed by atoms with Gasteiger partial charge >= 0.3 is 5.97 Å². The van der Waals surface area contributed by atoms with E-state index < -0.39 is 36.7 Å². The van der Waals surface area contributed by atoms with E-state index in [1.54, 1.807) is 6.08 Å². The summed E-state index contributed by atoms with van der Waals surface area (Å²) in [6, 6.07) is -0.824. The Labute approximate surface area is 208 Å². The van der Waals surface area contributed by atoms with Crippen LogP contribution in [0.15, 0.2) is 12.2 Å². The van der Waals surface area contributed by atoms with Crippen LogP contribution in [0.25, 0.3) is 0 Å². The van der Waals surface area contributed by atoms with E-state index in [0.29, 0.717) is 6.42 Å². The van der Waals surface area contributed by atoms with E-state index in [1.807, 2.05) is 6.08 Å². The van der Waals surface area contributed by atoms with Crippen molar-refractivity contribution in [2.45, 2.75) is 148 Å². The van der Waals surface area contributed by atoms with Crippen molar-refractivity contribution in [3.8, 4) is 0 Å². The first-order valence-corrected chi connectivity index (χ1v) is 13.9. The Bertz CT molecular complexity index is 523. The van der Waals surface area contributed by atoms with Gasteiger partial charge in [-0.05, 0) is 25.7 Å². The van der Waals surface area contributed by atoms with Gasteiger partial charge < -0.3 is 20.3 Å². The number of aliphatic hydroxyl groups excluding tert-OH is 2. The van der Waals surface area contributed by atoms with Crippen LogP contribution >= 0.6 is 0 Å². The molecule has 3 atom stereocenters. The second kappa shape index (κ2) is 23.3. The molecule has 0 radical (unpaired) electrons. The maximum atomic E-state index is 12.6. The Kier molecular flexibility index (Phi) is 22.4. The number of unbranched alkanes of at least 4 members (excludes halogenated alkanes) is 14. The second-order valence-corrected chi connectivity index (χ2v) is 9.49. The number of carbonyl (C=O) groups excluding carboxylic acids is 2. The van der Waals surface area contributed by atoms with E-state index in [2.05, 4.69) is 19.2 Å². The molecule has 0 aliphatic carbocycles. The molecule has 0 aromatic heterocycles. The lowest BCUT2D eigenvalue weighted by molar-refractivity contribution is -0.155. The molecule has 0 spiro atoms. The van der Waals surface area contributed by atoms with Crippen LogP contribution in [0, 0.1) is 0 Å². The van der Waals surface area contributed by atoms with Crippen LogP contribution in [0.5, 0.6) is 0 Å². The number of rotatable bonds is 23. The minimum Gasteiger partial charge on any atom is -0.452 e. The molecule has 0 rings (SSSR count). The van der Waals surface area contributed by atoms with E-state index in [0.717, 1.165) is 38.5 Å². The molecule has 0 aromatic rings. The normalized spacial score (nSPS) is 14.1. The number of carbonyl (C=O) groups is 2. The van der Waals surface area contributed by atoms with E-state index in [9.17, 15) is 19.8 Å². The summed E-state index contributed by atoms with van der Waals surface area (Å²) in [6.45, 7) is 5.24. The molecule has 1 unspecified atom stereocenters. The van der Waals surface area contributed by atoms with Crippen LogP contribution in [0.1, 0.15) is 130 Å². The number of hydrogen-bond donors (Lipinski definition) is 3. The predicted octanol–water partition coefficient (Wildman–Crippen LogP) is 5.98. The third-order valence-corrected chi connectivity index (χ3v) is 6.16. The van der Waals surface area contributed by atoms with Crippen molar-refractivity contribution >= 4 is 11.9 Å². The molecular weight excluding hydrogens is 430 g/mol. The predicted molar refractivity (Wildman–Crippen MR) is 140 cm³/mol. The standard InChI is InChI=1S/C28H53NO5/c1-4-6-8-10-11-12-13-14-15-16-17-18-19-21-26(32)25(23-30)29-28(33)27(34-24(3)31)22-20-9-7-5-2/h19,21,25-27,30,32H,4-18,20,22-23H2,1-3H3,(H,29,33)/t25-,26+,27?/m0/s1. The van der Waals surface area contributed by atoms with Crippen molar-refractivity contribution in [2.24, 2.45) is 0 Å². The molecule has 0 fully saturated rings. The molecule has 0 aliphatic heterocycles. The molecule has 0 saturated carbocycles. The molecule has 0 aliphatic rings. The third kappa shape index (κ3) is 19.0. The van der Waals surface area contributed by atoms with Crippen molar-refractivity contribution in [1.29, 1.82) is 0 Å². The summed E-state index contributed by atoms with van der Waals surface area (Å²) in [6.07, 6.45) is 21.1. The van der Waals surface area contributed by atoms with Gasteiger partial charge in [-0.15, -0.1) is 0 Å². The summed E-state index contributed by atoms with van der Waals surface area (Å²) in [7, 11) is 0. The maximum Gasteiger partial charge on any atom is 0.303 e. The van der Waals surface area contributed by atoms with E-state index in [4.69, 9.17) is 4.74 Å². The first kappa shape index (κ1) is 32.6. The molecule has 1 amide bonds. The van der Waals surface area contributed by atoms with Crippen molar-refractivity contribution in [3.63, 3.8) is 0 Å². The van der Waals surface area contributed by atoms with Gasteiger partial charge in [0.1, 0.15) is 0 Å². The molecule has 0 aromatic carbocycles. The molecule has 0 saturated heterocycles. The third-order valence-electron chi connectivity index (χ3n) is 6.16. The summed E-state index contributed by atoms with van der Waals surface area (Å²) in [4.78, 5) is 23.9. The fraction of sp³-hybridized carbons (Fsp3) is 0.857. The molecule has 0 heterocycles. The number of esters is 1. The molecule has 6 nitrogen and oxygen atoms in total. The fourth-order valence-corrected chi connectivity index (χ4v) is 4.01. The number of aliphatic hydroxyl groups is 2. The smallest absolute Gasteiger partial charge is 0.303 e. The minimum atomic E-state index is -0.986. The molecule has 34 heavy (non-hydrogen) atoms. The number of allylic oxidation sites excluding steroid dienone is 1. The van der Waals surface area contributed by atoms with Crippen molar-refractivity contribution in [1.82, 2.24) is 5.32 Å². The summed E-state index contributed by atoms with van der Waals surface area (Å²) < 4.78 is 5.17. The van der Waals surface area contributed by atoms with E-state index in [-0.39, 0.29) is 0 Å². The number of ether oxygens (including phenoxy) is 1. The highest BCUT2D eigenvalue weighted by atomic mass is 16.5. The zero-order valence-corrected chi connectivity index (χ0v) is 22.2. The van der Waals surface area contributed by atoms with Gasteiger partial charge in [-0.2, -0.15) is 0 Å². The molecular formula is C28H53NO5. The average molecular weight is 484 g/mol. The Morgan fingerprint density at radius 2 is 1.32 bits per heavy atom. The van der Waals surface area contributed by atoms with E-state index in [1.165, 1.54) is 71.1 Å². The average Bonchev–Trinajstić information content (AvgIpc) is 2.81. The second-order valence-electron chi connectivity index (χ2n) is 9.49. The minimum absolute atomic E-state index is 0.391. The van der Waals surface area contributed by atoms with Crippen LogP contribution in [0.3, 0.4) is 0 Å². The zero-order valence-electron chi connectivity index (χ0n) is 22.2. The van der Waals surface area contributed by atoms with Gasteiger partial charge in [0.25, 0.3) is 5.91 Å². The Hall–Kier alpha value is -1.40. The zero-order chi connectivity index (χ0) is 25.4. The van der Waals surface area contributed by atoms with Crippen LogP contribution in [0.4, 0.5) is 0 Å². The Balaban J connectivity index is 4.15. The van der Waals surface area contributed by atoms with Crippen LogP contribution in [-0.4, -0.2) is 46.9 Å². The molecule has 3 N–H and O–H groups in total. The first-order chi connectivity index (χ1) is 16.5. The number of hydrogen-bond acceptors (Lipinski definition) is 5. The van der Waals surface area contributed by atoms with Gasteiger partial charge in [-0.1, -0.05) is 109 Å². The van der Waals surface area contributed by atoms with Crippen LogP contribution < -0.4 is 5.32 Å². The molecule has 0 bridgehead atoms. The van der Waals surface area contributed by atoms with Crippen LogP contribution in [0.2, 0.25) is 0 Å². The van der Waals surface area contributed by atoms with Gasteiger partial charge in [0.15, 0.2) is 6.10 Å². The van der Waals surface area contributed by atoms with Gasteiger partial charge in [-0.3, -0.25) is 9.59 Å².